The number of hydrogen-bond acceptors (Lipinski definition) is 5. The molecular weight excluding hydrogens is 212 g/mol. The first-order valence-electron chi connectivity index (χ1n) is 5.32. The summed E-state index contributed by atoms with van der Waals surface area (Å²) in [6.07, 6.45) is 0.954. The van der Waals surface area contributed by atoms with Crippen LogP contribution in [0.2, 0.25) is 0 Å². The molecule has 0 unspecified atom stereocenters. The Morgan fingerprint density at radius 3 is 2.69 bits per heavy atom. The Morgan fingerprint density at radius 1 is 1.75 bits per heavy atom. The predicted molar refractivity (Wildman–Crippen MR) is 55.5 cm³/mol. The number of hydrogen-bond donors (Lipinski definition) is 1. The largest absolute Gasteiger partial charge is 0.467 e. The van der Waals surface area contributed by atoms with Crippen molar-refractivity contribution in [3.63, 3.8) is 0 Å². The quantitative estimate of drug-likeness (QED) is 0.720. The lowest BCUT2D eigenvalue weighted by Crippen LogP contribution is -2.56. The highest BCUT2D eigenvalue weighted by Gasteiger charge is 2.58. The van der Waals surface area contributed by atoms with Gasteiger partial charge in [-0.25, -0.2) is 4.79 Å². The van der Waals surface area contributed by atoms with Gasteiger partial charge in [-0.15, -0.1) is 0 Å². The third kappa shape index (κ3) is 1.80. The minimum absolute atomic E-state index is 0.263. The second-order valence-electron chi connectivity index (χ2n) is 4.53. The SMILES string of the molecule is CC[C@@H]1C[C@](C)([C@](C)(O)C(=O)OC)OC1=O. The molecule has 0 aromatic rings. The Balaban J connectivity index is 2.96. The van der Waals surface area contributed by atoms with Gasteiger partial charge >= 0.3 is 11.9 Å². The third-order valence-electron chi connectivity index (χ3n) is 3.40. The van der Waals surface area contributed by atoms with Crippen LogP contribution in [0.3, 0.4) is 0 Å². The van der Waals surface area contributed by atoms with Crippen LogP contribution in [0.25, 0.3) is 0 Å². The number of esters is 2. The maximum Gasteiger partial charge on any atom is 0.341 e. The van der Waals surface area contributed by atoms with Crippen LogP contribution >= 0.6 is 0 Å². The molecule has 0 saturated carbocycles. The fourth-order valence-electron chi connectivity index (χ4n) is 1.92. The number of carbonyl (C=O) groups is 2. The van der Waals surface area contributed by atoms with Gasteiger partial charge < -0.3 is 14.6 Å². The van der Waals surface area contributed by atoms with Crippen molar-refractivity contribution < 1.29 is 24.2 Å². The van der Waals surface area contributed by atoms with Crippen LogP contribution < -0.4 is 0 Å². The van der Waals surface area contributed by atoms with E-state index in [9.17, 15) is 14.7 Å². The smallest absolute Gasteiger partial charge is 0.341 e. The average Bonchev–Trinajstić information content (AvgIpc) is 2.53. The molecule has 5 heteroatoms. The zero-order chi connectivity index (χ0) is 12.6. The first kappa shape index (κ1) is 13.0. The average molecular weight is 230 g/mol. The van der Waals surface area contributed by atoms with E-state index in [1.807, 2.05) is 6.92 Å². The minimum Gasteiger partial charge on any atom is -0.467 e. The van der Waals surface area contributed by atoms with Gasteiger partial charge in [-0.3, -0.25) is 4.79 Å². The van der Waals surface area contributed by atoms with Gasteiger partial charge in [0.05, 0.1) is 13.0 Å². The molecule has 1 fully saturated rings. The minimum atomic E-state index is -1.82. The molecule has 92 valence electrons. The lowest BCUT2D eigenvalue weighted by atomic mass is 9.80. The van der Waals surface area contributed by atoms with Gasteiger partial charge in [-0.05, 0) is 20.3 Å². The standard InChI is InChI=1S/C11H18O5/c1-5-7-6-10(2,16-8(7)12)11(3,14)9(13)15-4/h7,14H,5-6H2,1-4H3/t7-,10-,11-/m1/s1. The van der Waals surface area contributed by atoms with Gasteiger partial charge in [0.1, 0.15) is 5.60 Å². The van der Waals surface area contributed by atoms with Gasteiger partial charge in [0.25, 0.3) is 0 Å². The highest BCUT2D eigenvalue weighted by Crippen LogP contribution is 2.40. The molecule has 16 heavy (non-hydrogen) atoms. The molecule has 1 heterocycles. The van der Waals surface area contributed by atoms with E-state index < -0.39 is 17.2 Å². The zero-order valence-corrected chi connectivity index (χ0v) is 10.1. The predicted octanol–water partition coefficient (Wildman–Crippen LogP) is 0.642. The highest BCUT2D eigenvalue weighted by molar-refractivity contribution is 5.83. The summed E-state index contributed by atoms with van der Waals surface area (Å²) in [5.74, 6) is -1.42. The number of cyclic esters (lactones) is 1. The molecule has 0 aromatic heterocycles. The fraction of sp³-hybridized carbons (Fsp3) is 0.818. The molecule has 0 aliphatic carbocycles. The van der Waals surface area contributed by atoms with Crippen LogP contribution in [-0.2, 0) is 19.1 Å². The van der Waals surface area contributed by atoms with E-state index in [-0.39, 0.29) is 11.9 Å². The molecule has 0 aromatic carbocycles. The van der Waals surface area contributed by atoms with Crippen LogP contribution in [0.15, 0.2) is 0 Å². The zero-order valence-electron chi connectivity index (χ0n) is 10.1. The Kier molecular flexibility index (Phi) is 3.28. The van der Waals surface area contributed by atoms with Crippen LogP contribution in [0.4, 0.5) is 0 Å². The molecular formula is C11H18O5. The number of rotatable bonds is 3. The lowest BCUT2D eigenvalue weighted by Gasteiger charge is -2.35. The van der Waals surface area contributed by atoms with Crippen molar-refractivity contribution in [1.29, 1.82) is 0 Å². The molecule has 1 N–H and O–H groups in total. The van der Waals surface area contributed by atoms with E-state index in [1.165, 1.54) is 14.0 Å². The maximum absolute atomic E-state index is 11.5. The number of carbonyl (C=O) groups excluding carboxylic acids is 2. The van der Waals surface area contributed by atoms with Crippen LogP contribution in [0.1, 0.15) is 33.6 Å². The Morgan fingerprint density at radius 2 is 2.31 bits per heavy atom. The first-order chi connectivity index (χ1) is 7.28. The summed E-state index contributed by atoms with van der Waals surface area (Å²) in [5.41, 5.74) is -3.03. The summed E-state index contributed by atoms with van der Waals surface area (Å²) in [7, 11) is 1.19. The molecule has 5 nitrogen and oxygen atoms in total. The van der Waals surface area contributed by atoms with Gasteiger partial charge in [0.2, 0.25) is 0 Å². The monoisotopic (exact) mass is 230 g/mol. The summed E-state index contributed by atoms with van der Waals surface area (Å²) in [4.78, 5) is 23.0. The number of aliphatic hydroxyl groups is 1. The number of methoxy groups -OCH3 is 1. The normalized spacial score (nSPS) is 33.1. The lowest BCUT2D eigenvalue weighted by molar-refractivity contribution is -0.193. The Hall–Kier alpha value is -1.10. The number of ether oxygens (including phenoxy) is 2. The molecule has 1 rings (SSSR count). The molecule has 0 bridgehead atoms. The fourth-order valence-corrected chi connectivity index (χ4v) is 1.92. The van der Waals surface area contributed by atoms with Crippen LogP contribution in [0.5, 0.6) is 0 Å². The van der Waals surface area contributed by atoms with E-state index in [2.05, 4.69) is 4.74 Å². The van der Waals surface area contributed by atoms with E-state index in [1.54, 1.807) is 6.92 Å². The second kappa shape index (κ2) is 4.05. The molecule has 1 saturated heterocycles. The van der Waals surface area contributed by atoms with Crippen molar-refractivity contribution in [1.82, 2.24) is 0 Å². The van der Waals surface area contributed by atoms with Gasteiger partial charge in [-0.1, -0.05) is 6.92 Å². The van der Waals surface area contributed by atoms with E-state index >= 15 is 0 Å². The summed E-state index contributed by atoms with van der Waals surface area (Å²) in [6, 6.07) is 0. The van der Waals surface area contributed by atoms with Crippen molar-refractivity contribution in [2.24, 2.45) is 5.92 Å². The second-order valence-corrected chi connectivity index (χ2v) is 4.53. The summed E-state index contributed by atoms with van der Waals surface area (Å²) in [6.45, 7) is 4.73. The van der Waals surface area contributed by atoms with E-state index in [4.69, 9.17) is 4.74 Å². The Bertz CT molecular complexity index is 309. The van der Waals surface area contributed by atoms with Crippen molar-refractivity contribution in [3.8, 4) is 0 Å². The molecule has 3 atom stereocenters. The molecule has 1 aliphatic heterocycles. The van der Waals surface area contributed by atoms with Crippen molar-refractivity contribution in [3.05, 3.63) is 0 Å². The third-order valence-corrected chi connectivity index (χ3v) is 3.40. The summed E-state index contributed by atoms with van der Waals surface area (Å²) >= 11 is 0. The van der Waals surface area contributed by atoms with Crippen LogP contribution in [0, 0.1) is 5.92 Å². The molecule has 1 aliphatic rings. The molecule has 0 radical (unpaired) electrons. The first-order valence-corrected chi connectivity index (χ1v) is 5.32. The molecule has 0 amide bonds. The van der Waals surface area contributed by atoms with E-state index in [0.29, 0.717) is 12.8 Å². The van der Waals surface area contributed by atoms with Crippen molar-refractivity contribution in [2.45, 2.75) is 44.8 Å². The topological polar surface area (TPSA) is 72.8 Å². The highest BCUT2D eigenvalue weighted by atomic mass is 16.6. The Labute approximate surface area is 94.7 Å². The van der Waals surface area contributed by atoms with Gasteiger partial charge in [-0.2, -0.15) is 0 Å². The van der Waals surface area contributed by atoms with Crippen LogP contribution in [-0.4, -0.2) is 35.4 Å². The van der Waals surface area contributed by atoms with Gasteiger partial charge in [0.15, 0.2) is 5.60 Å². The summed E-state index contributed by atoms with van der Waals surface area (Å²) < 4.78 is 9.67. The summed E-state index contributed by atoms with van der Waals surface area (Å²) in [5, 5.41) is 10.1. The van der Waals surface area contributed by atoms with E-state index in [0.717, 1.165) is 0 Å². The van der Waals surface area contributed by atoms with Crippen molar-refractivity contribution >= 4 is 11.9 Å². The van der Waals surface area contributed by atoms with Gasteiger partial charge in [0, 0.05) is 6.42 Å². The van der Waals surface area contributed by atoms with Crippen molar-refractivity contribution in [2.75, 3.05) is 7.11 Å². The maximum atomic E-state index is 11.5. The molecule has 0 spiro atoms.